The number of nitrogens with one attached hydrogen (secondary N) is 1. The second kappa shape index (κ2) is 5.98. The van der Waals surface area contributed by atoms with Crippen LogP contribution in [0.15, 0.2) is 24.3 Å². The molecule has 2 atom stereocenters. The van der Waals surface area contributed by atoms with E-state index in [9.17, 15) is 4.21 Å². The maximum absolute atomic E-state index is 11.1. The number of hydrogen-bond donors (Lipinski definition) is 1. The van der Waals surface area contributed by atoms with Crippen LogP contribution in [-0.2, 0) is 10.8 Å². The zero-order valence-electron chi connectivity index (χ0n) is 11.5. The molecular formula is C15H23NOS. The molecule has 0 radical (unpaired) electrons. The Hall–Kier alpha value is -0.670. The lowest BCUT2D eigenvalue weighted by Gasteiger charge is -2.38. The van der Waals surface area contributed by atoms with Crippen LogP contribution in [0, 0.1) is 6.92 Å². The minimum atomic E-state index is -0.701. The molecule has 0 aromatic heterocycles. The highest BCUT2D eigenvalue weighted by Gasteiger charge is 2.31. The van der Waals surface area contributed by atoms with Gasteiger partial charge in [-0.15, -0.1) is 0 Å². The van der Waals surface area contributed by atoms with E-state index < -0.39 is 10.8 Å². The molecule has 1 saturated carbocycles. The zero-order valence-corrected chi connectivity index (χ0v) is 12.3. The van der Waals surface area contributed by atoms with Crippen LogP contribution in [-0.4, -0.2) is 28.3 Å². The van der Waals surface area contributed by atoms with Gasteiger partial charge in [-0.1, -0.05) is 24.3 Å². The first-order valence-electron chi connectivity index (χ1n) is 6.68. The van der Waals surface area contributed by atoms with Crippen molar-refractivity contribution in [3.8, 4) is 0 Å². The molecule has 0 bridgehead atoms. The second-order valence-corrected chi connectivity index (χ2v) is 7.01. The van der Waals surface area contributed by atoms with Gasteiger partial charge in [-0.2, -0.15) is 0 Å². The van der Waals surface area contributed by atoms with Crippen LogP contribution in [0.25, 0.3) is 0 Å². The summed E-state index contributed by atoms with van der Waals surface area (Å²) < 4.78 is 11.1. The molecule has 0 heterocycles. The quantitative estimate of drug-likeness (QED) is 0.886. The third-order valence-electron chi connectivity index (χ3n) is 3.77. The summed E-state index contributed by atoms with van der Waals surface area (Å²) in [5.41, 5.74) is 2.91. The first-order chi connectivity index (χ1) is 8.56. The van der Waals surface area contributed by atoms with Gasteiger partial charge in [-0.3, -0.25) is 4.21 Å². The highest BCUT2D eigenvalue weighted by Crippen LogP contribution is 2.38. The second-order valence-electron chi connectivity index (χ2n) is 5.53. The van der Waals surface area contributed by atoms with E-state index in [0.29, 0.717) is 18.0 Å². The van der Waals surface area contributed by atoms with E-state index in [2.05, 4.69) is 43.4 Å². The van der Waals surface area contributed by atoms with Crippen molar-refractivity contribution >= 4 is 10.8 Å². The molecule has 1 aliphatic rings. The molecule has 1 aliphatic carbocycles. The fourth-order valence-electron chi connectivity index (χ4n) is 2.86. The first kappa shape index (κ1) is 13.8. The van der Waals surface area contributed by atoms with Crippen LogP contribution in [0.3, 0.4) is 0 Å². The summed E-state index contributed by atoms with van der Waals surface area (Å²) in [5.74, 6) is 1.47. The van der Waals surface area contributed by atoms with Crippen LogP contribution in [0.5, 0.6) is 0 Å². The Labute approximate surface area is 113 Å². The summed E-state index contributed by atoms with van der Waals surface area (Å²) >= 11 is 0. The average Bonchev–Trinajstić information content (AvgIpc) is 2.23. The molecule has 18 heavy (non-hydrogen) atoms. The standard InChI is InChI=1S/C15H23NOS/c1-11-6-4-5-7-15(11)13-8-14(9-13)16-12(2)10-18(3)17/h4-7,12-14,16H,8-10H2,1-3H3. The molecule has 0 saturated heterocycles. The monoisotopic (exact) mass is 265 g/mol. The predicted molar refractivity (Wildman–Crippen MR) is 78.5 cm³/mol. The van der Waals surface area contributed by atoms with Crippen molar-refractivity contribution in [1.82, 2.24) is 5.32 Å². The largest absolute Gasteiger partial charge is 0.311 e. The first-order valence-corrected chi connectivity index (χ1v) is 8.40. The van der Waals surface area contributed by atoms with Gasteiger partial charge in [0.15, 0.2) is 0 Å². The van der Waals surface area contributed by atoms with Crippen LogP contribution < -0.4 is 5.32 Å². The van der Waals surface area contributed by atoms with Crippen molar-refractivity contribution in [2.45, 2.75) is 44.7 Å². The van der Waals surface area contributed by atoms with Crippen molar-refractivity contribution in [2.75, 3.05) is 12.0 Å². The number of benzene rings is 1. The fraction of sp³-hybridized carbons (Fsp3) is 0.600. The maximum atomic E-state index is 11.1. The van der Waals surface area contributed by atoms with E-state index in [-0.39, 0.29) is 0 Å². The summed E-state index contributed by atoms with van der Waals surface area (Å²) in [5, 5.41) is 3.57. The van der Waals surface area contributed by atoms with E-state index in [0.717, 1.165) is 5.75 Å². The molecule has 0 amide bonds. The normalized spacial score (nSPS) is 26.4. The molecule has 1 fully saturated rings. The number of rotatable bonds is 5. The molecule has 0 spiro atoms. The zero-order chi connectivity index (χ0) is 13.1. The minimum absolute atomic E-state index is 0.360. The van der Waals surface area contributed by atoms with Gasteiger partial charge in [0, 0.05) is 34.9 Å². The van der Waals surface area contributed by atoms with Gasteiger partial charge in [0.05, 0.1) is 0 Å². The molecule has 0 aliphatic heterocycles. The van der Waals surface area contributed by atoms with E-state index in [1.54, 1.807) is 6.26 Å². The Morgan fingerprint density at radius 1 is 1.39 bits per heavy atom. The highest BCUT2D eigenvalue weighted by atomic mass is 32.2. The summed E-state index contributed by atoms with van der Waals surface area (Å²) in [6, 6.07) is 9.64. The molecule has 1 aromatic carbocycles. The van der Waals surface area contributed by atoms with Gasteiger partial charge in [0.2, 0.25) is 0 Å². The molecule has 2 nitrogen and oxygen atoms in total. The lowest BCUT2D eigenvalue weighted by Crippen LogP contribution is -2.46. The van der Waals surface area contributed by atoms with Crippen LogP contribution in [0.2, 0.25) is 0 Å². The van der Waals surface area contributed by atoms with Crippen LogP contribution in [0.1, 0.15) is 36.8 Å². The molecular weight excluding hydrogens is 242 g/mol. The van der Waals surface area contributed by atoms with Crippen molar-refractivity contribution in [2.24, 2.45) is 0 Å². The van der Waals surface area contributed by atoms with Crippen molar-refractivity contribution < 1.29 is 4.21 Å². The van der Waals surface area contributed by atoms with Crippen LogP contribution in [0.4, 0.5) is 0 Å². The van der Waals surface area contributed by atoms with Crippen molar-refractivity contribution in [3.63, 3.8) is 0 Å². The summed E-state index contributed by atoms with van der Waals surface area (Å²) in [6.45, 7) is 4.32. The Morgan fingerprint density at radius 3 is 2.67 bits per heavy atom. The molecule has 3 heteroatoms. The highest BCUT2D eigenvalue weighted by molar-refractivity contribution is 7.84. The fourth-order valence-corrected chi connectivity index (χ4v) is 3.66. The summed E-state index contributed by atoms with van der Waals surface area (Å²) in [4.78, 5) is 0. The van der Waals surface area contributed by atoms with Gasteiger partial charge < -0.3 is 5.32 Å². The van der Waals surface area contributed by atoms with Crippen LogP contribution >= 0.6 is 0 Å². The Balaban J connectivity index is 1.81. The van der Waals surface area contributed by atoms with Gasteiger partial charge >= 0.3 is 0 Å². The maximum Gasteiger partial charge on any atom is 0.0383 e. The van der Waals surface area contributed by atoms with Gasteiger partial charge in [-0.25, -0.2) is 0 Å². The lowest BCUT2D eigenvalue weighted by molar-refractivity contribution is 0.275. The van der Waals surface area contributed by atoms with Gasteiger partial charge in [-0.05, 0) is 43.7 Å². The van der Waals surface area contributed by atoms with E-state index in [1.165, 1.54) is 24.0 Å². The SMILES string of the molecule is Cc1ccccc1C1CC(NC(C)CS(C)=O)C1. The smallest absolute Gasteiger partial charge is 0.0383 e. The molecule has 2 rings (SSSR count). The van der Waals surface area contributed by atoms with E-state index in [1.807, 2.05) is 0 Å². The summed E-state index contributed by atoms with van der Waals surface area (Å²) in [6.07, 6.45) is 4.20. The Morgan fingerprint density at radius 2 is 2.06 bits per heavy atom. The minimum Gasteiger partial charge on any atom is -0.311 e. The third kappa shape index (κ3) is 3.42. The predicted octanol–water partition coefficient (Wildman–Crippen LogP) is 2.60. The molecule has 2 unspecified atom stereocenters. The number of aryl methyl sites for hydroxylation is 1. The Kier molecular flexibility index (Phi) is 4.57. The van der Waals surface area contributed by atoms with Gasteiger partial charge in [0.1, 0.15) is 0 Å². The van der Waals surface area contributed by atoms with E-state index >= 15 is 0 Å². The van der Waals surface area contributed by atoms with E-state index in [4.69, 9.17) is 0 Å². The number of hydrogen-bond acceptors (Lipinski definition) is 2. The van der Waals surface area contributed by atoms with Gasteiger partial charge in [0.25, 0.3) is 0 Å². The average molecular weight is 265 g/mol. The third-order valence-corrected chi connectivity index (χ3v) is 4.74. The van der Waals surface area contributed by atoms with Crippen molar-refractivity contribution in [3.05, 3.63) is 35.4 Å². The molecule has 100 valence electrons. The van der Waals surface area contributed by atoms with Crippen molar-refractivity contribution in [1.29, 1.82) is 0 Å². The Bertz CT molecular complexity index is 426. The lowest BCUT2D eigenvalue weighted by atomic mass is 9.74. The molecule has 1 N–H and O–H groups in total. The molecule has 1 aromatic rings. The summed E-state index contributed by atoms with van der Waals surface area (Å²) in [7, 11) is -0.701. The topological polar surface area (TPSA) is 29.1 Å².